The van der Waals surface area contributed by atoms with Gasteiger partial charge in [0, 0.05) is 13.1 Å². The van der Waals surface area contributed by atoms with E-state index >= 15 is 0 Å². The van der Waals surface area contributed by atoms with Gasteiger partial charge in [0.1, 0.15) is 6.33 Å². The van der Waals surface area contributed by atoms with E-state index in [-0.39, 0.29) is 0 Å². The SMILES string of the molecule is COc1c(N)ncnc1N(CCC#N)CC(C)C. The molecule has 18 heavy (non-hydrogen) atoms. The lowest BCUT2D eigenvalue weighted by molar-refractivity contribution is 0.411. The van der Waals surface area contributed by atoms with E-state index in [1.54, 1.807) is 0 Å². The monoisotopic (exact) mass is 249 g/mol. The quantitative estimate of drug-likeness (QED) is 0.820. The minimum Gasteiger partial charge on any atom is -0.490 e. The molecule has 0 saturated carbocycles. The molecule has 0 spiro atoms. The smallest absolute Gasteiger partial charge is 0.204 e. The molecule has 0 saturated heterocycles. The highest BCUT2D eigenvalue weighted by Gasteiger charge is 2.17. The Bertz CT molecular complexity index is 427. The van der Waals surface area contributed by atoms with Gasteiger partial charge in [-0.2, -0.15) is 5.26 Å². The summed E-state index contributed by atoms with van der Waals surface area (Å²) in [7, 11) is 1.54. The number of aromatic nitrogens is 2. The summed E-state index contributed by atoms with van der Waals surface area (Å²) in [6.45, 7) is 5.60. The van der Waals surface area contributed by atoms with Gasteiger partial charge in [-0.3, -0.25) is 0 Å². The van der Waals surface area contributed by atoms with Gasteiger partial charge < -0.3 is 15.4 Å². The van der Waals surface area contributed by atoms with Gasteiger partial charge in [0.25, 0.3) is 0 Å². The zero-order valence-electron chi connectivity index (χ0n) is 11.1. The van der Waals surface area contributed by atoms with Crippen molar-refractivity contribution in [3.05, 3.63) is 6.33 Å². The first-order valence-electron chi connectivity index (χ1n) is 5.86. The van der Waals surface area contributed by atoms with Crippen molar-refractivity contribution >= 4 is 11.6 Å². The minimum absolute atomic E-state index is 0.313. The topological polar surface area (TPSA) is 88.1 Å². The van der Waals surface area contributed by atoms with Gasteiger partial charge >= 0.3 is 0 Å². The second kappa shape index (κ2) is 6.64. The van der Waals surface area contributed by atoms with E-state index in [1.807, 2.05) is 4.90 Å². The Hall–Kier alpha value is -2.03. The van der Waals surface area contributed by atoms with Crippen molar-refractivity contribution in [2.45, 2.75) is 20.3 Å². The van der Waals surface area contributed by atoms with Gasteiger partial charge in [-0.1, -0.05) is 13.8 Å². The number of hydrogen-bond donors (Lipinski definition) is 1. The Kier molecular flexibility index (Phi) is 5.18. The number of methoxy groups -OCH3 is 1. The lowest BCUT2D eigenvalue weighted by atomic mass is 10.2. The van der Waals surface area contributed by atoms with E-state index in [9.17, 15) is 0 Å². The standard InChI is InChI=1S/C12H19N5O/c1-9(2)7-17(6-4-5-13)12-10(18-3)11(14)15-8-16-12/h8-9H,4,6-7H2,1-3H3,(H2,14,15,16). The second-order valence-corrected chi connectivity index (χ2v) is 4.36. The van der Waals surface area contributed by atoms with Gasteiger partial charge in [-0.15, -0.1) is 0 Å². The molecule has 0 unspecified atom stereocenters. The number of rotatable bonds is 6. The zero-order valence-corrected chi connectivity index (χ0v) is 11.1. The van der Waals surface area contributed by atoms with E-state index in [2.05, 4.69) is 29.9 Å². The molecule has 1 heterocycles. The first kappa shape index (κ1) is 14.0. The molecule has 0 atom stereocenters. The first-order chi connectivity index (χ1) is 8.60. The molecule has 1 rings (SSSR count). The Morgan fingerprint density at radius 2 is 2.22 bits per heavy atom. The third-order valence-electron chi connectivity index (χ3n) is 2.40. The molecule has 1 aromatic heterocycles. The molecule has 1 aromatic rings. The molecule has 0 aliphatic carbocycles. The Labute approximate surface area is 107 Å². The third kappa shape index (κ3) is 3.48. The zero-order chi connectivity index (χ0) is 13.5. The molecular weight excluding hydrogens is 230 g/mol. The Morgan fingerprint density at radius 3 is 2.78 bits per heavy atom. The summed E-state index contributed by atoms with van der Waals surface area (Å²) >= 11 is 0. The average molecular weight is 249 g/mol. The summed E-state index contributed by atoms with van der Waals surface area (Å²) in [4.78, 5) is 10.1. The number of ether oxygens (including phenoxy) is 1. The molecule has 0 radical (unpaired) electrons. The summed E-state index contributed by atoms with van der Waals surface area (Å²) in [5.41, 5.74) is 5.76. The van der Waals surface area contributed by atoms with Crippen LogP contribution < -0.4 is 15.4 Å². The molecule has 0 aromatic carbocycles. The molecule has 0 aliphatic heterocycles. The predicted molar refractivity (Wildman–Crippen MR) is 70.3 cm³/mol. The van der Waals surface area contributed by atoms with Crippen LogP contribution in [0.2, 0.25) is 0 Å². The third-order valence-corrected chi connectivity index (χ3v) is 2.40. The highest BCUT2D eigenvalue weighted by molar-refractivity contribution is 5.62. The fourth-order valence-electron chi connectivity index (χ4n) is 1.71. The second-order valence-electron chi connectivity index (χ2n) is 4.36. The van der Waals surface area contributed by atoms with Crippen molar-refractivity contribution in [2.75, 3.05) is 30.8 Å². The first-order valence-corrected chi connectivity index (χ1v) is 5.86. The van der Waals surface area contributed by atoms with E-state index in [0.29, 0.717) is 36.3 Å². The number of nitrogens with two attached hydrogens (primary N) is 1. The highest BCUT2D eigenvalue weighted by atomic mass is 16.5. The number of nitrogen functional groups attached to an aromatic ring is 1. The minimum atomic E-state index is 0.313. The summed E-state index contributed by atoms with van der Waals surface area (Å²) in [6, 6.07) is 2.14. The van der Waals surface area contributed by atoms with Crippen molar-refractivity contribution in [3.8, 4) is 11.8 Å². The van der Waals surface area contributed by atoms with Crippen LogP contribution in [0.5, 0.6) is 5.75 Å². The number of nitriles is 1. The van der Waals surface area contributed by atoms with Crippen LogP contribution in [0, 0.1) is 17.2 Å². The van der Waals surface area contributed by atoms with E-state index < -0.39 is 0 Å². The number of anilines is 2. The molecule has 0 amide bonds. The Morgan fingerprint density at radius 1 is 1.50 bits per heavy atom. The van der Waals surface area contributed by atoms with Crippen LogP contribution >= 0.6 is 0 Å². The average Bonchev–Trinajstić information content (AvgIpc) is 2.33. The molecule has 0 fully saturated rings. The van der Waals surface area contributed by atoms with Crippen LogP contribution in [0.15, 0.2) is 6.33 Å². The van der Waals surface area contributed by atoms with Crippen LogP contribution in [0.25, 0.3) is 0 Å². The van der Waals surface area contributed by atoms with E-state index in [4.69, 9.17) is 15.7 Å². The van der Waals surface area contributed by atoms with Crippen LogP contribution in [-0.4, -0.2) is 30.2 Å². The fourth-order valence-corrected chi connectivity index (χ4v) is 1.71. The lowest BCUT2D eigenvalue weighted by Gasteiger charge is -2.26. The molecular formula is C12H19N5O. The summed E-state index contributed by atoms with van der Waals surface area (Å²) in [6.07, 6.45) is 1.84. The predicted octanol–water partition coefficient (Wildman–Crippen LogP) is 1.44. The molecule has 6 heteroatoms. The molecule has 6 nitrogen and oxygen atoms in total. The molecule has 98 valence electrons. The van der Waals surface area contributed by atoms with Gasteiger partial charge in [0.05, 0.1) is 19.6 Å². The maximum absolute atomic E-state index is 8.71. The molecule has 0 bridgehead atoms. The van der Waals surface area contributed by atoms with Gasteiger partial charge in [0.15, 0.2) is 11.6 Å². The van der Waals surface area contributed by atoms with E-state index in [1.165, 1.54) is 13.4 Å². The van der Waals surface area contributed by atoms with Crippen LogP contribution in [0.1, 0.15) is 20.3 Å². The summed E-state index contributed by atoms with van der Waals surface area (Å²) in [5.74, 6) is 1.88. The van der Waals surface area contributed by atoms with Gasteiger partial charge in [-0.05, 0) is 5.92 Å². The lowest BCUT2D eigenvalue weighted by Crippen LogP contribution is -2.30. The van der Waals surface area contributed by atoms with Crippen LogP contribution in [0.3, 0.4) is 0 Å². The maximum atomic E-state index is 8.71. The van der Waals surface area contributed by atoms with Crippen molar-refractivity contribution in [3.63, 3.8) is 0 Å². The molecule has 0 aliphatic rings. The fraction of sp³-hybridized carbons (Fsp3) is 0.583. The van der Waals surface area contributed by atoms with E-state index in [0.717, 1.165) is 6.54 Å². The van der Waals surface area contributed by atoms with Crippen molar-refractivity contribution in [1.29, 1.82) is 5.26 Å². The highest BCUT2D eigenvalue weighted by Crippen LogP contribution is 2.30. The van der Waals surface area contributed by atoms with Gasteiger partial charge in [0.2, 0.25) is 5.75 Å². The largest absolute Gasteiger partial charge is 0.490 e. The number of hydrogen-bond acceptors (Lipinski definition) is 6. The summed E-state index contributed by atoms with van der Waals surface area (Å²) < 4.78 is 5.24. The summed E-state index contributed by atoms with van der Waals surface area (Å²) in [5, 5.41) is 8.71. The van der Waals surface area contributed by atoms with Crippen LogP contribution in [0.4, 0.5) is 11.6 Å². The van der Waals surface area contributed by atoms with Gasteiger partial charge in [-0.25, -0.2) is 9.97 Å². The van der Waals surface area contributed by atoms with Crippen molar-refractivity contribution in [2.24, 2.45) is 5.92 Å². The van der Waals surface area contributed by atoms with Crippen molar-refractivity contribution in [1.82, 2.24) is 9.97 Å². The molecule has 2 N–H and O–H groups in total. The normalized spacial score (nSPS) is 10.2. The maximum Gasteiger partial charge on any atom is 0.204 e. The Balaban J connectivity index is 3.04. The van der Waals surface area contributed by atoms with Crippen LogP contribution in [-0.2, 0) is 0 Å². The number of nitrogens with zero attached hydrogens (tertiary/aromatic N) is 4. The van der Waals surface area contributed by atoms with Crippen molar-refractivity contribution < 1.29 is 4.74 Å².